The summed E-state index contributed by atoms with van der Waals surface area (Å²) in [4.78, 5) is 16.0. The zero-order chi connectivity index (χ0) is 18.3. The summed E-state index contributed by atoms with van der Waals surface area (Å²) in [6, 6.07) is 12.0. The Balaban J connectivity index is 2.01. The Morgan fingerprint density at radius 3 is 2.62 bits per heavy atom. The largest absolute Gasteiger partial charge is 0.348 e. The molecule has 2 heterocycles. The van der Waals surface area contributed by atoms with Crippen LogP contribution in [0.2, 0.25) is 0 Å². The molecule has 0 atom stereocenters. The molecule has 0 saturated carbocycles. The number of benzene rings is 2. The zero-order valence-corrected chi connectivity index (χ0v) is 13.4. The lowest BCUT2D eigenvalue weighted by Crippen LogP contribution is -2.12. The van der Waals surface area contributed by atoms with Crippen LogP contribution in [-0.4, -0.2) is 10.9 Å². The lowest BCUT2D eigenvalue weighted by molar-refractivity contribution is 0.0966. The van der Waals surface area contributed by atoms with Crippen molar-refractivity contribution < 1.29 is 13.6 Å². The number of aromatic nitrogens is 1. The number of carbonyl (C=O) groups excluding carboxylic acids is 1. The molecule has 0 saturated heterocycles. The molecule has 4 rings (SSSR count). The highest BCUT2D eigenvalue weighted by atomic mass is 19.1. The molecule has 1 N–H and O–H groups in total. The van der Waals surface area contributed by atoms with E-state index in [9.17, 15) is 13.6 Å². The third-order valence-electron chi connectivity index (χ3n) is 4.33. The number of nitrogens with one attached hydrogen (secondary N) is 1. The average molecular weight is 347 g/mol. The molecule has 1 aliphatic rings. The summed E-state index contributed by atoms with van der Waals surface area (Å²) in [6.07, 6.45) is 1.50. The number of carbonyl (C=O) groups is 1. The molecule has 1 aliphatic heterocycles. The molecular weight excluding hydrogens is 336 g/mol. The number of nitrogens with zero attached hydrogens (tertiary/aromatic N) is 2. The topological polar surface area (TPSA) is 65.8 Å². The van der Waals surface area contributed by atoms with Gasteiger partial charge in [-0.1, -0.05) is 0 Å². The van der Waals surface area contributed by atoms with E-state index in [-0.39, 0.29) is 17.2 Å². The molecule has 126 valence electrons. The van der Waals surface area contributed by atoms with Gasteiger partial charge in [-0.2, -0.15) is 5.26 Å². The Morgan fingerprint density at radius 1 is 1.00 bits per heavy atom. The average Bonchev–Trinajstić information content (AvgIpc) is 3.01. The van der Waals surface area contributed by atoms with Crippen LogP contribution in [0, 0.1) is 23.0 Å². The summed E-state index contributed by atoms with van der Waals surface area (Å²) in [5.74, 6) is -1.63. The first kappa shape index (κ1) is 15.9. The van der Waals surface area contributed by atoms with Gasteiger partial charge in [-0.3, -0.25) is 4.79 Å². The van der Waals surface area contributed by atoms with Gasteiger partial charge in [-0.15, -0.1) is 0 Å². The predicted octanol–water partition coefficient (Wildman–Crippen LogP) is 3.81. The summed E-state index contributed by atoms with van der Waals surface area (Å²) in [5.41, 5.74) is 3.41. The third-order valence-corrected chi connectivity index (χ3v) is 4.33. The van der Waals surface area contributed by atoms with Gasteiger partial charge in [0.05, 0.1) is 0 Å². The molecule has 1 aromatic heterocycles. The van der Waals surface area contributed by atoms with Crippen molar-refractivity contribution in [1.29, 1.82) is 5.26 Å². The van der Waals surface area contributed by atoms with Crippen molar-refractivity contribution in [2.75, 3.05) is 0 Å². The third kappa shape index (κ3) is 2.60. The molecule has 2 aromatic carbocycles. The van der Waals surface area contributed by atoms with E-state index < -0.39 is 11.6 Å². The van der Waals surface area contributed by atoms with Crippen molar-refractivity contribution in [3.63, 3.8) is 0 Å². The number of nitriles is 1. The molecule has 1 amide bonds. The van der Waals surface area contributed by atoms with Crippen LogP contribution >= 0.6 is 0 Å². The Hall–Kier alpha value is -3.59. The fourth-order valence-electron chi connectivity index (χ4n) is 3.10. The number of fused-ring (bicyclic) bond motifs is 1. The van der Waals surface area contributed by atoms with Gasteiger partial charge in [-0.05, 0) is 58.7 Å². The maximum absolute atomic E-state index is 14.4. The summed E-state index contributed by atoms with van der Waals surface area (Å²) in [6.45, 7) is 0.379. The summed E-state index contributed by atoms with van der Waals surface area (Å²) in [5, 5.41) is 11.8. The fraction of sp³-hybridized carbons (Fsp3) is 0.0500. The smallest absolute Gasteiger partial charge is 0.251 e. The van der Waals surface area contributed by atoms with Gasteiger partial charge >= 0.3 is 0 Å². The van der Waals surface area contributed by atoms with Crippen LogP contribution in [0.25, 0.3) is 22.3 Å². The van der Waals surface area contributed by atoms with Crippen LogP contribution in [0.1, 0.15) is 21.6 Å². The molecule has 0 radical (unpaired) electrons. The maximum atomic E-state index is 14.4. The van der Waals surface area contributed by atoms with Crippen molar-refractivity contribution in [2.24, 2.45) is 0 Å². The molecule has 3 aromatic rings. The van der Waals surface area contributed by atoms with Gasteiger partial charge in [-0.25, -0.2) is 13.8 Å². The lowest BCUT2D eigenvalue weighted by atomic mass is 9.90. The molecule has 0 unspecified atom stereocenters. The lowest BCUT2D eigenvalue weighted by Gasteiger charge is -2.13. The minimum atomic E-state index is -0.723. The highest BCUT2D eigenvalue weighted by molar-refractivity contribution is 6.01. The molecule has 6 heteroatoms. The SMILES string of the molecule is N#Cc1cc(-c2cc3c(cc2-c2ccc(F)cc2F)C(=O)NC3)ccn1. The van der Waals surface area contributed by atoms with E-state index in [1.807, 2.05) is 6.07 Å². The first-order valence-electron chi connectivity index (χ1n) is 7.84. The number of pyridine rings is 1. The second-order valence-electron chi connectivity index (χ2n) is 5.90. The van der Waals surface area contributed by atoms with E-state index in [0.717, 1.165) is 11.6 Å². The van der Waals surface area contributed by atoms with Gasteiger partial charge < -0.3 is 5.32 Å². The van der Waals surface area contributed by atoms with E-state index in [2.05, 4.69) is 10.3 Å². The van der Waals surface area contributed by atoms with E-state index in [0.29, 0.717) is 28.8 Å². The normalized spacial score (nSPS) is 12.4. The van der Waals surface area contributed by atoms with Crippen LogP contribution in [0.3, 0.4) is 0 Å². The van der Waals surface area contributed by atoms with Crippen molar-refractivity contribution in [1.82, 2.24) is 10.3 Å². The first-order chi connectivity index (χ1) is 12.6. The van der Waals surface area contributed by atoms with Gasteiger partial charge in [0.2, 0.25) is 0 Å². The molecule has 0 fully saturated rings. The first-order valence-corrected chi connectivity index (χ1v) is 7.84. The Kier molecular flexibility index (Phi) is 3.70. The van der Waals surface area contributed by atoms with Gasteiger partial charge in [0, 0.05) is 29.9 Å². The van der Waals surface area contributed by atoms with Crippen LogP contribution < -0.4 is 5.32 Å². The second kappa shape index (κ2) is 6.05. The van der Waals surface area contributed by atoms with Crippen molar-refractivity contribution in [3.05, 3.63) is 77.1 Å². The Morgan fingerprint density at radius 2 is 1.85 bits per heavy atom. The molecule has 0 aliphatic carbocycles. The second-order valence-corrected chi connectivity index (χ2v) is 5.90. The minimum absolute atomic E-state index is 0.180. The standard InChI is InChI=1S/C20H11F2N3O/c21-13-1-2-15(19(22)7-13)18-8-17-12(10-25-20(17)26)6-16(18)11-3-4-24-14(5-11)9-23/h1-8H,10H2,(H,25,26). The van der Waals surface area contributed by atoms with Crippen molar-refractivity contribution in [3.8, 4) is 28.3 Å². The van der Waals surface area contributed by atoms with E-state index >= 15 is 0 Å². The van der Waals surface area contributed by atoms with Crippen LogP contribution in [0.5, 0.6) is 0 Å². The Labute approximate surface area is 147 Å². The summed E-state index contributed by atoms with van der Waals surface area (Å²) < 4.78 is 27.7. The maximum Gasteiger partial charge on any atom is 0.251 e. The number of hydrogen-bond donors (Lipinski definition) is 1. The highest BCUT2D eigenvalue weighted by Gasteiger charge is 2.23. The quantitative estimate of drug-likeness (QED) is 0.767. The van der Waals surface area contributed by atoms with Gasteiger partial charge in [0.25, 0.3) is 5.91 Å². The molecule has 26 heavy (non-hydrogen) atoms. The van der Waals surface area contributed by atoms with Gasteiger partial charge in [0.15, 0.2) is 0 Å². The number of halogens is 2. The van der Waals surface area contributed by atoms with Crippen LogP contribution in [-0.2, 0) is 6.54 Å². The summed E-state index contributed by atoms with van der Waals surface area (Å²) in [7, 11) is 0. The molecular formula is C20H11F2N3O. The van der Waals surface area contributed by atoms with E-state index in [1.54, 1.807) is 24.3 Å². The van der Waals surface area contributed by atoms with E-state index in [1.165, 1.54) is 18.3 Å². The van der Waals surface area contributed by atoms with E-state index in [4.69, 9.17) is 5.26 Å². The highest BCUT2D eigenvalue weighted by Crippen LogP contribution is 2.37. The molecule has 4 nitrogen and oxygen atoms in total. The fourth-order valence-corrected chi connectivity index (χ4v) is 3.10. The zero-order valence-electron chi connectivity index (χ0n) is 13.4. The van der Waals surface area contributed by atoms with Gasteiger partial charge in [0.1, 0.15) is 23.4 Å². The number of rotatable bonds is 2. The summed E-state index contributed by atoms with van der Waals surface area (Å²) >= 11 is 0. The van der Waals surface area contributed by atoms with Crippen LogP contribution in [0.4, 0.5) is 8.78 Å². The Bertz CT molecular complexity index is 1100. The monoisotopic (exact) mass is 347 g/mol. The number of amides is 1. The van der Waals surface area contributed by atoms with Crippen molar-refractivity contribution >= 4 is 5.91 Å². The predicted molar refractivity (Wildman–Crippen MR) is 90.9 cm³/mol. The van der Waals surface area contributed by atoms with Crippen LogP contribution in [0.15, 0.2) is 48.7 Å². The van der Waals surface area contributed by atoms with Crippen molar-refractivity contribution in [2.45, 2.75) is 6.54 Å². The molecule has 0 spiro atoms. The molecule has 0 bridgehead atoms. The number of hydrogen-bond acceptors (Lipinski definition) is 3. The minimum Gasteiger partial charge on any atom is -0.348 e.